The lowest BCUT2D eigenvalue weighted by Gasteiger charge is -2.08. The molecule has 0 radical (unpaired) electrons. The van der Waals surface area contributed by atoms with Gasteiger partial charge in [-0.3, -0.25) is 0 Å². The number of hydrogen-bond donors (Lipinski definition) is 0. The molecular weight excluding hydrogens is 289 g/mol. The van der Waals surface area contributed by atoms with Gasteiger partial charge in [-0.05, 0) is 36.6 Å². The number of unbranched alkanes of at least 4 members (excludes halogenated alkanes) is 1. The predicted molar refractivity (Wildman–Crippen MR) is 79.4 cm³/mol. The zero-order valence-corrected chi connectivity index (χ0v) is 11.9. The summed E-state index contributed by atoms with van der Waals surface area (Å²) in [6.07, 6.45) is -2.14. The van der Waals surface area contributed by atoms with Gasteiger partial charge in [0.2, 0.25) is 0 Å². The Hall–Kier alpha value is -2.41. The molecule has 0 unspecified atom stereocenters. The minimum atomic E-state index is -4.68. The monoisotopic (exact) mass is 304 g/mol. The summed E-state index contributed by atoms with van der Waals surface area (Å²) in [4.78, 5) is 0. The van der Waals surface area contributed by atoms with Crippen molar-refractivity contribution in [3.05, 3.63) is 65.7 Å². The molecule has 1 nitrogen and oxygen atoms in total. The molecule has 0 spiro atoms. The number of hydrogen-bond acceptors (Lipinski definition) is 1. The predicted octanol–water partition coefficient (Wildman–Crippen LogP) is 4.96. The van der Waals surface area contributed by atoms with E-state index in [1.54, 1.807) is 6.07 Å². The molecule has 22 heavy (non-hydrogen) atoms. The first-order chi connectivity index (χ1) is 10.5. The normalized spacial score (nSPS) is 10.7. The third-order valence-corrected chi connectivity index (χ3v) is 2.91. The van der Waals surface area contributed by atoms with Gasteiger partial charge < -0.3 is 4.74 Å². The Balaban J connectivity index is 1.85. The molecule has 0 aliphatic carbocycles. The van der Waals surface area contributed by atoms with Gasteiger partial charge >= 0.3 is 6.36 Å². The van der Waals surface area contributed by atoms with Gasteiger partial charge in [0.1, 0.15) is 5.75 Å². The molecule has 114 valence electrons. The zero-order chi connectivity index (χ0) is 15.8. The fourth-order valence-corrected chi connectivity index (χ4v) is 1.96. The average Bonchev–Trinajstić information content (AvgIpc) is 2.47. The lowest BCUT2D eigenvalue weighted by Crippen LogP contribution is -2.17. The first kappa shape index (κ1) is 16.0. The van der Waals surface area contributed by atoms with Crippen molar-refractivity contribution in [3.8, 4) is 17.6 Å². The van der Waals surface area contributed by atoms with Crippen LogP contribution in [0.1, 0.15) is 24.0 Å². The lowest BCUT2D eigenvalue weighted by molar-refractivity contribution is -0.274. The molecular formula is C18H15F3O. The van der Waals surface area contributed by atoms with Crippen LogP contribution in [0.15, 0.2) is 54.6 Å². The van der Waals surface area contributed by atoms with E-state index in [0.717, 1.165) is 12.8 Å². The summed E-state index contributed by atoms with van der Waals surface area (Å²) < 4.78 is 40.2. The summed E-state index contributed by atoms with van der Waals surface area (Å²) in [6, 6.07) is 15.8. The number of halogens is 3. The van der Waals surface area contributed by atoms with Crippen LogP contribution >= 0.6 is 0 Å². The van der Waals surface area contributed by atoms with Crippen LogP contribution in [-0.4, -0.2) is 6.36 Å². The number of alkyl halides is 3. The minimum absolute atomic E-state index is 0.247. The summed E-state index contributed by atoms with van der Waals surface area (Å²) in [5.74, 6) is 5.59. The quantitative estimate of drug-likeness (QED) is 0.573. The SMILES string of the molecule is FC(F)(F)Oc1cccc(C#CCCCc2ccccc2)c1. The van der Waals surface area contributed by atoms with Gasteiger partial charge in [-0.15, -0.1) is 13.2 Å². The largest absolute Gasteiger partial charge is 0.573 e. The number of ether oxygens (including phenoxy) is 1. The number of aryl methyl sites for hydroxylation is 1. The van der Waals surface area contributed by atoms with E-state index in [9.17, 15) is 13.2 Å². The lowest BCUT2D eigenvalue weighted by atomic mass is 10.1. The molecule has 0 N–H and O–H groups in total. The van der Waals surface area contributed by atoms with E-state index in [1.807, 2.05) is 18.2 Å². The molecule has 0 fully saturated rings. The molecule has 0 bridgehead atoms. The molecule has 0 atom stereocenters. The topological polar surface area (TPSA) is 9.23 Å². The van der Waals surface area contributed by atoms with Crippen molar-refractivity contribution in [1.29, 1.82) is 0 Å². The second-order valence-electron chi connectivity index (χ2n) is 4.72. The van der Waals surface area contributed by atoms with Gasteiger partial charge in [0.05, 0.1) is 0 Å². The highest BCUT2D eigenvalue weighted by Gasteiger charge is 2.30. The van der Waals surface area contributed by atoms with Crippen LogP contribution in [0.2, 0.25) is 0 Å². The minimum Gasteiger partial charge on any atom is -0.406 e. The fourth-order valence-electron chi connectivity index (χ4n) is 1.96. The molecule has 0 heterocycles. The van der Waals surface area contributed by atoms with Crippen molar-refractivity contribution in [2.24, 2.45) is 0 Å². The fraction of sp³-hybridized carbons (Fsp3) is 0.222. The van der Waals surface area contributed by atoms with E-state index >= 15 is 0 Å². The third-order valence-electron chi connectivity index (χ3n) is 2.91. The van der Waals surface area contributed by atoms with E-state index < -0.39 is 6.36 Å². The van der Waals surface area contributed by atoms with Crippen LogP contribution < -0.4 is 4.74 Å². The van der Waals surface area contributed by atoms with Crippen molar-refractivity contribution in [2.75, 3.05) is 0 Å². The molecule has 4 heteroatoms. The molecule has 2 aromatic carbocycles. The zero-order valence-electron chi connectivity index (χ0n) is 11.9. The molecule has 0 aromatic heterocycles. The summed E-state index contributed by atoms with van der Waals surface area (Å²) in [5, 5.41) is 0. The Morgan fingerprint density at radius 3 is 2.45 bits per heavy atom. The first-order valence-corrected chi connectivity index (χ1v) is 6.91. The molecule has 2 aromatic rings. The highest BCUT2D eigenvalue weighted by molar-refractivity contribution is 5.39. The van der Waals surface area contributed by atoms with Gasteiger partial charge in [-0.1, -0.05) is 48.2 Å². The highest BCUT2D eigenvalue weighted by atomic mass is 19.4. The highest BCUT2D eigenvalue weighted by Crippen LogP contribution is 2.23. The van der Waals surface area contributed by atoms with Crippen molar-refractivity contribution in [2.45, 2.75) is 25.6 Å². The van der Waals surface area contributed by atoms with Crippen molar-refractivity contribution in [3.63, 3.8) is 0 Å². The molecule has 0 aliphatic heterocycles. The summed E-state index contributed by atoms with van der Waals surface area (Å²) in [5.41, 5.74) is 1.77. The molecule has 0 saturated carbocycles. The van der Waals surface area contributed by atoms with E-state index in [0.29, 0.717) is 12.0 Å². The Kier molecular flexibility index (Phi) is 5.48. The van der Waals surface area contributed by atoms with Crippen LogP contribution in [0.5, 0.6) is 5.75 Å². The number of benzene rings is 2. The first-order valence-electron chi connectivity index (χ1n) is 6.91. The molecule has 0 aliphatic rings. The maximum atomic E-state index is 12.1. The van der Waals surface area contributed by atoms with Crippen LogP contribution in [0, 0.1) is 11.8 Å². The molecule has 2 rings (SSSR count). The van der Waals surface area contributed by atoms with E-state index in [-0.39, 0.29) is 5.75 Å². The summed E-state index contributed by atoms with van der Waals surface area (Å²) in [7, 11) is 0. The van der Waals surface area contributed by atoms with Crippen LogP contribution in [-0.2, 0) is 6.42 Å². The Morgan fingerprint density at radius 1 is 0.955 bits per heavy atom. The second kappa shape index (κ2) is 7.56. The van der Waals surface area contributed by atoms with Crippen molar-refractivity contribution in [1.82, 2.24) is 0 Å². The van der Waals surface area contributed by atoms with Gasteiger partial charge in [-0.25, -0.2) is 0 Å². The van der Waals surface area contributed by atoms with E-state index in [2.05, 4.69) is 28.7 Å². The molecule has 0 saturated heterocycles. The van der Waals surface area contributed by atoms with Crippen LogP contribution in [0.3, 0.4) is 0 Å². The third kappa shape index (κ3) is 5.92. The van der Waals surface area contributed by atoms with Gasteiger partial charge in [0, 0.05) is 12.0 Å². The maximum absolute atomic E-state index is 12.1. The standard InChI is InChI=1S/C18H15F3O/c19-18(20,21)22-17-13-7-12-16(14-17)11-6-2-5-10-15-8-3-1-4-9-15/h1,3-4,7-9,12-14H,2,5,10H2. The summed E-state index contributed by atoms with van der Waals surface area (Å²) >= 11 is 0. The van der Waals surface area contributed by atoms with E-state index in [1.165, 1.54) is 23.8 Å². The van der Waals surface area contributed by atoms with Gasteiger partial charge in [-0.2, -0.15) is 0 Å². The van der Waals surface area contributed by atoms with Crippen molar-refractivity contribution < 1.29 is 17.9 Å². The smallest absolute Gasteiger partial charge is 0.406 e. The van der Waals surface area contributed by atoms with Gasteiger partial charge in [0.25, 0.3) is 0 Å². The summed E-state index contributed by atoms with van der Waals surface area (Å²) in [6.45, 7) is 0. The maximum Gasteiger partial charge on any atom is 0.573 e. The van der Waals surface area contributed by atoms with E-state index in [4.69, 9.17) is 0 Å². The Morgan fingerprint density at radius 2 is 1.73 bits per heavy atom. The second-order valence-corrected chi connectivity index (χ2v) is 4.72. The van der Waals surface area contributed by atoms with Gasteiger partial charge in [0.15, 0.2) is 0 Å². The Labute approximate surface area is 127 Å². The molecule has 0 amide bonds. The van der Waals surface area contributed by atoms with Crippen molar-refractivity contribution >= 4 is 0 Å². The number of rotatable bonds is 4. The van der Waals surface area contributed by atoms with Crippen LogP contribution in [0.4, 0.5) is 13.2 Å². The average molecular weight is 304 g/mol. The van der Waals surface area contributed by atoms with Crippen LogP contribution in [0.25, 0.3) is 0 Å². The Bertz CT molecular complexity index is 651.